The first kappa shape index (κ1) is 21.9. The summed E-state index contributed by atoms with van der Waals surface area (Å²) in [5.74, 6) is 0.742. The van der Waals surface area contributed by atoms with Crippen molar-refractivity contribution in [3.63, 3.8) is 0 Å². The van der Waals surface area contributed by atoms with Crippen molar-refractivity contribution in [1.82, 2.24) is 16.0 Å². The Morgan fingerprint density at radius 1 is 0.773 bits per heavy atom. The molecule has 0 aliphatic heterocycles. The Balaban J connectivity index is 3.80. The number of unbranched alkanes of at least 4 members (excludes halogenated alkanes) is 6. The maximum absolute atomic E-state index is 3.55. The van der Waals surface area contributed by atoms with Crippen molar-refractivity contribution >= 4 is 0 Å². The largest absolute Gasteiger partial charge is 0.316 e. The normalized spacial score (nSPS) is 12.3. The molecule has 0 atom stereocenters. The molecule has 3 nitrogen and oxygen atoms in total. The van der Waals surface area contributed by atoms with Crippen LogP contribution in [0.25, 0.3) is 0 Å². The monoisotopic (exact) mass is 313 g/mol. The van der Waals surface area contributed by atoms with Crippen molar-refractivity contribution in [2.24, 2.45) is 5.92 Å². The Morgan fingerprint density at radius 3 is 1.86 bits per heavy atom. The van der Waals surface area contributed by atoms with Gasteiger partial charge in [0.25, 0.3) is 0 Å². The van der Waals surface area contributed by atoms with Crippen LogP contribution in [0.15, 0.2) is 0 Å². The topological polar surface area (TPSA) is 36.1 Å². The molecule has 0 heterocycles. The lowest BCUT2D eigenvalue weighted by molar-refractivity contribution is 0.238. The summed E-state index contributed by atoms with van der Waals surface area (Å²) in [4.78, 5) is 0. The van der Waals surface area contributed by atoms with Gasteiger partial charge < -0.3 is 16.0 Å². The average molecular weight is 314 g/mol. The van der Waals surface area contributed by atoms with E-state index < -0.39 is 0 Å². The third-order valence-corrected chi connectivity index (χ3v) is 4.67. The first-order valence-electron chi connectivity index (χ1n) is 9.68. The molecule has 0 radical (unpaired) electrons. The van der Waals surface area contributed by atoms with Gasteiger partial charge in [-0.05, 0) is 52.4 Å². The highest BCUT2D eigenvalue weighted by atomic mass is 15.2. The predicted molar refractivity (Wildman–Crippen MR) is 100 cm³/mol. The van der Waals surface area contributed by atoms with Crippen LogP contribution in [0.5, 0.6) is 0 Å². The molecule has 0 fully saturated rings. The minimum absolute atomic E-state index is 0.128. The molecule has 0 aliphatic rings. The smallest absolute Gasteiger partial charge is 0.0682 e. The van der Waals surface area contributed by atoms with E-state index in [-0.39, 0.29) is 5.66 Å². The maximum Gasteiger partial charge on any atom is 0.0682 e. The fraction of sp³-hybridized carbons (Fsp3) is 1.00. The molecule has 0 aromatic heterocycles. The SMILES string of the molecule is CCCCCCCCCC(CCCNCC(C)C)(NC)NC. The van der Waals surface area contributed by atoms with Crippen LogP contribution in [-0.2, 0) is 0 Å². The molecule has 0 aliphatic carbocycles. The average Bonchev–Trinajstić information content (AvgIpc) is 2.51. The lowest BCUT2D eigenvalue weighted by Crippen LogP contribution is -2.54. The van der Waals surface area contributed by atoms with Crippen molar-refractivity contribution in [2.75, 3.05) is 27.2 Å². The van der Waals surface area contributed by atoms with Gasteiger partial charge in [0.2, 0.25) is 0 Å². The van der Waals surface area contributed by atoms with E-state index >= 15 is 0 Å². The Hall–Kier alpha value is -0.120. The van der Waals surface area contributed by atoms with Gasteiger partial charge in [-0.2, -0.15) is 0 Å². The molecule has 0 aromatic carbocycles. The van der Waals surface area contributed by atoms with Crippen LogP contribution in [0, 0.1) is 5.92 Å². The van der Waals surface area contributed by atoms with Crippen LogP contribution in [0.1, 0.15) is 85.0 Å². The zero-order valence-electron chi connectivity index (χ0n) is 16.1. The highest BCUT2D eigenvalue weighted by molar-refractivity contribution is 4.82. The Bertz CT molecular complexity index is 225. The number of hydrogen-bond donors (Lipinski definition) is 3. The molecule has 0 saturated heterocycles. The van der Waals surface area contributed by atoms with E-state index in [9.17, 15) is 0 Å². The second kappa shape index (κ2) is 14.5. The molecule has 0 unspecified atom stereocenters. The van der Waals surface area contributed by atoms with Gasteiger partial charge >= 0.3 is 0 Å². The second-order valence-electron chi connectivity index (χ2n) is 7.15. The van der Waals surface area contributed by atoms with E-state index in [4.69, 9.17) is 0 Å². The highest BCUT2D eigenvalue weighted by Gasteiger charge is 2.24. The van der Waals surface area contributed by atoms with Crippen molar-refractivity contribution in [2.45, 2.75) is 90.6 Å². The quantitative estimate of drug-likeness (QED) is 0.294. The van der Waals surface area contributed by atoms with E-state index in [0.29, 0.717) is 0 Å². The van der Waals surface area contributed by atoms with Crippen molar-refractivity contribution < 1.29 is 0 Å². The van der Waals surface area contributed by atoms with Gasteiger partial charge in [-0.3, -0.25) is 0 Å². The zero-order chi connectivity index (χ0) is 16.7. The van der Waals surface area contributed by atoms with Crippen LogP contribution in [0.2, 0.25) is 0 Å². The second-order valence-corrected chi connectivity index (χ2v) is 7.15. The summed E-state index contributed by atoms with van der Waals surface area (Å²) in [5, 5.41) is 10.6. The molecule has 0 rings (SSSR count). The Kier molecular flexibility index (Phi) is 14.4. The van der Waals surface area contributed by atoms with Crippen LogP contribution in [0.4, 0.5) is 0 Å². The fourth-order valence-electron chi connectivity index (χ4n) is 3.04. The summed E-state index contributed by atoms with van der Waals surface area (Å²) >= 11 is 0. The molecule has 0 amide bonds. The minimum Gasteiger partial charge on any atom is -0.316 e. The molecule has 3 N–H and O–H groups in total. The first-order chi connectivity index (χ1) is 10.6. The fourth-order valence-corrected chi connectivity index (χ4v) is 3.04. The van der Waals surface area contributed by atoms with Gasteiger partial charge in [-0.1, -0.05) is 65.7 Å². The van der Waals surface area contributed by atoms with Crippen molar-refractivity contribution in [3.05, 3.63) is 0 Å². The summed E-state index contributed by atoms with van der Waals surface area (Å²) in [7, 11) is 4.19. The lowest BCUT2D eigenvalue weighted by Gasteiger charge is -2.34. The summed E-state index contributed by atoms with van der Waals surface area (Å²) in [5.41, 5.74) is 0.128. The first-order valence-corrected chi connectivity index (χ1v) is 9.68. The number of nitrogens with one attached hydrogen (secondary N) is 3. The molecule has 3 heteroatoms. The van der Waals surface area contributed by atoms with E-state index in [1.165, 1.54) is 64.2 Å². The highest BCUT2D eigenvalue weighted by Crippen LogP contribution is 2.18. The summed E-state index contributed by atoms with van der Waals surface area (Å²) in [6.07, 6.45) is 13.3. The predicted octanol–water partition coefficient (Wildman–Crippen LogP) is 4.29. The third kappa shape index (κ3) is 11.4. The Labute approximate surface area is 140 Å². The van der Waals surface area contributed by atoms with Crippen LogP contribution in [-0.4, -0.2) is 32.8 Å². The molecule has 22 heavy (non-hydrogen) atoms. The zero-order valence-corrected chi connectivity index (χ0v) is 16.1. The molecule has 0 bridgehead atoms. The maximum atomic E-state index is 3.55. The van der Waals surface area contributed by atoms with Gasteiger partial charge in [0.15, 0.2) is 0 Å². The molecule has 0 aromatic rings. The molecular formula is C19H43N3. The standard InChI is InChI=1S/C19H43N3/c1-6-7-8-9-10-11-12-14-19(20-4,21-5)15-13-16-22-17-18(2)3/h18,20-22H,6-17H2,1-5H3. The van der Waals surface area contributed by atoms with Crippen molar-refractivity contribution in [3.8, 4) is 0 Å². The summed E-state index contributed by atoms with van der Waals surface area (Å²) < 4.78 is 0. The van der Waals surface area contributed by atoms with Crippen LogP contribution in [0.3, 0.4) is 0 Å². The van der Waals surface area contributed by atoms with E-state index in [1.807, 2.05) is 0 Å². The van der Waals surface area contributed by atoms with Crippen LogP contribution >= 0.6 is 0 Å². The van der Waals surface area contributed by atoms with Crippen molar-refractivity contribution in [1.29, 1.82) is 0 Å². The van der Waals surface area contributed by atoms with E-state index in [1.54, 1.807) is 0 Å². The van der Waals surface area contributed by atoms with Gasteiger partial charge in [0, 0.05) is 0 Å². The van der Waals surface area contributed by atoms with Gasteiger partial charge in [-0.15, -0.1) is 0 Å². The van der Waals surface area contributed by atoms with E-state index in [0.717, 1.165) is 19.0 Å². The summed E-state index contributed by atoms with van der Waals surface area (Å²) in [6, 6.07) is 0. The summed E-state index contributed by atoms with van der Waals surface area (Å²) in [6.45, 7) is 9.06. The molecular weight excluding hydrogens is 270 g/mol. The molecule has 0 spiro atoms. The van der Waals surface area contributed by atoms with Crippen LogP contribution < -0.4 is 16.0 Å². The minimum atomic E-state index is 0.128. The number of hydrogen-bond acceptors (Lipinski definition) is 3. The van der Waals surface area contributed by atoms with E-state index in [2.05, 4.69) is 50.8 Å². The molecule has 0 saturated carbocycles. The lowest BCUT2D eigenvalue weighted by atomic mass is 9.95. The van der Waals surface area contributed by atoms with Gasteiger partial charge in [0.05, 0.1) is 5.66 Å². The Morgan fingerprint density at radius 2 is 1.32 bits per heavy atom. The molecule has 134 valence electrons. The number of rotatable bonds is 16. The third-order valence-electron chi connectivity index (χ3n) is 4.67. The van der Waals surface area contributed by atoms with Gasteiger partial charge in [-0.25, -0.2) is 0 Å². The van der Waals surface area contributed by atoms with Gasteiger partial charge in [0.1, 0.15) is 0 Å².